The molecule has 2 rings (SSSR count). The second-order valence-electron chi connectivity index (χ2n) is 5.12. The first-order chi connectivity index (χ1) is 11.0. The van der Waals surface area contributed by atoms with Gasteiger partial charge in [0.2, 0.25) is 0 Å². The molecule has 0 heterocycles. The predicted molar refractivity (Wildman–Crippen MR) is 92.5 cm³/mol. The fourth-order valence-corrected chi connectivity index (χ4v) is 2.28. The summed E-state index contributed by atoms with van der Waals surface area (Å²) in [5.74, 6) is 0.952. The summed E-state index contributed by atoms with van der Waals surface area (Å²) in [7, 11) is 1.54. The lowest BCUT2D eigenvalue weighted by atomic mass is 10.2. The van der Waals surface area contributed by atoms with E-state index in [1.807, 2.05) is 44.2 Å². The van der Waals surface area contributed by atoms with Gasteiger partial charge in [0.05, 0.1) is 12.8 Å². The zero-order chi connectivity index (χ0) is 16.8. The van der Waals surface area contributed by atoms with Gasteiger partial charge in [-0.25, -0.2) is 0 Å². The van der Waals surface area contributed by atoms with E-state index in [4.69, 9.17) is 21.1 Å². The Balaban J connectivity index is 2.15. The third-order valence-electron chi connectivity index (χ3n) is 3.42. The van der Waals surface area contributed by atoms with Gasteiger partial charge in [-0.1, -0.05) is 36.7 Å². The number of anilines is 1. The van der Waals surface area contributed by atoms with Crippen LogP contribution in [0.3, 0.4) is 0 Å². The number of ether oxygens (including phenoxy) is 2. The van der Waals surface area contributed by atoms with E-state index in [-0.39, 0.29) is 5.91 Å². The lowest BCUT2D eigenvalue weighted by Crippen LogP contribution is -2.32. The summed E-state index contributed by atoms with van der Waals surface area (Å²) < 4.78 is 11.0. The molecule has 1 amide bonds. The normalized spacial score (nSPS) is 11.7. The van der Waals surface area contributed by atoms with E-state index < -0.39 is 6.10 Å². The van der Waals surface area contributed by atoms with Gasteiger partial charge in [-0.3, -0.25) is 4.79 Å². The quantitative estimate of drug-likeness (QED) is 0.849. The van der Waals surface area contributed by atoms with E-state index in [0.29, 0.717) is 28.6 Å². The van der Waals surface area contributed by atoms with Crippen molar-refractivity contribution in [3.8, 4) is 11.5 Å². The predicted octanol–water partition coefficient (Wildman–Crippen LogP) is 4.45. The molecule has 0 fully saturated rings. The lowest BCUT2D eigenvalue weighted by Gasteiger charge is -2.18. The molecule has 5 heteroatoms. The van der Waals surface area contributed by atoms with Crippen LogP contribution in [0, 0.1) is 6.92 Å². The van der Waals surface area contributed by atoms with Crippen molar-refractivity contribution in [2.75, 3.05) is 12.4 Å². The first-order valence-electron chi connectivity index (χ1n) is 7.41. The summed E-state index contributed by atoms with van der Waals surface area (Å²) in [6.07, 6.45) is -0.0339. The Morgan fingerprint density at radius 1 is 1.26 bits per heavy atom. The minimum atomic E-state index is -0.585. The highest BCUT2D eigenvalue weighted by atomic mass is 35.5. The third-order valence-corrected chi connectivity index (χ3v) is 3.83. The monoisotopic (exact) mass is 333 g/mol. The van der Waals surface area contributed by atoms with Crippen LogP contribution in [0.4, 0.5) is 5.69 Å². The molecule has 0 saturated heterocycles. The number of halogens is 1. The first kappa shape index (κ1) is 17.2. The Kier molecular flexibility index (Phi) is 5.88. The Morgan fingerprint density at radius 3 is 2.57 bits per heavy atom. The summed E-state index contributed by atoms with van der Waals surface area (Å²) in [5, 5.41) is 3.44. The molecule has 0 aliphatic heterocycles. The van der Waals surface area contributed by atoms with Gasteiger partial charge in [0.1, 0.15) is 11.5 Å². The Morgan fingerprint density at radius 2 is 1.96 bits per heavy atom. The number of amides is 1. The number of carbonyl (C=O) groups is 1. The average molecular weight is 334 g/mol. The van der Waals surface area contributed by atoms with E-state index in [2.05, 4.69) is 5.32 Å². The van der Waals surface area contributed by atoms with Crippen LogP contribution < -0.4 is 14.8 Å². The number of para-hydroxylation sites is 1. The number of hydrogen-bond donors (Lipinski definition) is 1. The molecular formula is C18H20ClNO3. The van der Waals surface area contributed by atoms with Crippen LogP contribution in [0.2, 0.25) is 5.02 Å². The second-order valence-corrected chi connectivity index (χ2v) is 5.53. The van der Waals surface area contributed by atoms with Crippen molar-refractivity contribution in [1.82, 2.24) is 0 Å². The summed E-state index contributed by atoms with van der Waals surface area (Å²) in [5.41, 5.74) is 1.44. The molecule has 0 aliphatic rings. The molecule has 0 unspecified atom stereocenters. The molecule has 0 spiro atoms. The molecule has 122 valence electrons. The standard InChI is InChI=1S/C18H20ClNO3/c1-4-16(23-13-8-6-5-7-9-13)18(21)20-15-10-12(2)14(19)11-17(15)22-3/h5-11,16H,4H2,1-3H3,(H,20,21)/t16-/m0/s1. The van der Waals surface area contributed by atoms with Gasteiger partial charge >= 0.3 is 0 Å². The molecular weight excluding hydrogens is 314 g/mol. The topological polar surface area (TPSA) is 47.6 Å². The molecule has 1 N–H and O–H groups in total. The van der Waals surface area contributed by atoms with Crippen LogP contribution in [0.5, 0.6) is 11.5 Å². The molecule has 2 aromatic rings. The van der Waals surface area contributed by atoms with Crippen LogP contribution in [-0.4, -0.2) is 19.1 Å². The van der Waals surface area contributed by atoms with Gasteiger partial charge in [-0.2, -0.15) is 0 Å². The maximum atomic E-state index is 12.5. The van der Waals surface area contributed by atoms with Gasteiger partial charge in [0.15, 0.2) is 6.10 Å². The van der Waals surface area contributed by atoms with Gasteiger partial charge in [-0.15, -0.1) is 0 Å². The van der Waals surface area contributed by atoms with Crippen molar-refractivity contribution in [2.24, 2.45) is 0 Å². The van der Waals surface area contributed by atoms with Crippen molar-refractivity contribution in [3.63, 3.8) is 0 Å². The van der Waals surface area contributed by atoms with E-state index in [1.54, 1.807) is 12.1 Å². The molecule has 0 radical (unpaired) electrons. The van der Waals surface area contributed by atoms with Crippen LogP contribution in [0.15, 0.2) is 42.5 Å². The largest absolute Gasteiger partial charge is 0.495 e. The fraction of sp³-hybridized carbons (Fsp3) is 0.278. The van der Waals surface area contributed by atoms with E-state index in [1.165, 1.54) is 7.11 Å². The molecule has 1 atom stereocenters. The van der Waals surface area contributed by atoms with Gasteiger partial charge in [0.25, 0.3) is 5.91 Å². The summed E-state index contributed by atoms with van der Waals surface area (Å²) in [6.45, 7) is 3.77. The molecule has 2 aromatic carbocycles. The molecule has 4 nitrogen and oxygen atoms in total. The van der Waals surface area contributed by atoms with Crippen molar-refractivity contribution in [3.05, 3.63) is 53.1 Å². The van der Waals surface area contributed by atoms with Crippen LogP contribution in [-0.2, 0) is 4.79 Å². The van der Waals surface area contributed by atoms with Gasteiger partial charge in [-0.05, 0) is 37.1 Å². The number of carbonyl (C=O) groups excluding carboxylic acids is 1. The highest BCUT2D eigenvalue weighted by molar-refractivity contribution is 6.31. The smallest absolute Gasteiger partial charge is 0.265 e. The number of hydrogen-bond acceptors (Lipinski definition) is 3. The van der Waals surface area contributed by atoms with Crippen LogP contribution >= 0.6 is 11.6 Å². The minimum absolute atomic E-state index is 0.226. The molecule has 0 saturated carbocycles. The zero-order valence-electron chi connectivity index (χ0n) is 13.4. The molecule has 23 heavy (non-hydrogen) atoms. The third kappa shape index (κ3) is 4.39. The summed E-state index contributed by atoms with van der Waals surface area (Å²) in [4.78, 5) is 12.5. The SMILES string of the molecule is CC[C@H](Oc1ccccc1)C(=O)Nc1cc(C)c(Cl)cc1OC. The van der Waals surface area contributed by atoms with Crippen LogP contribution in [0.1, 0.15) is 18.9 Å². The van der Waals surface area contributed by atoms with Crippen LogP contribution in [0.25, 0.3) is 0 Å². The number of benzene rings is 2. The molecule has 0 bridgehead atoms. The zero-order valence-corrected chi connectivity index (χ0v) is 14.2. The maximum absolute atomic E-state index is 12.5. The number of nitrogens with one attached hydrogen (secondary N) is 1. The van der Waals surface area contributed by atoms with Crippen molar-refractivity contribution >= 4 is 23.2 Å². The summed E-state index contributed by atoms with van der Waals surface area (Å²) in [6, 6.07) is 12.7. The Hall–Kier alpha value is -2.20. The maximum Gasteiger partial charge on any atom is 0.265 e. The number of methoxy groups -OCH3 is 1. The summed E-state index contributed by atoms with van der Waals surface area (Å²) >= 11 is 6.08. The van der Waals surface area contributed by atoms with E-state index in [0.717, 1.165) is 5.56 Å². The van der Waals surface area contributed by atoms with Crippen molar-refractivity contribution < 1.29 is 14.3 Å². The molecule has 0 aliphatic carbocycles. The van der Waals surface area contributed by atoms with E-state index >= 15 is 0 Å². The average Bonchev–Trinajstić information content (AvgIpc) is 2.56. The molecule has 0 aromatic heterocycles. The second kappa shape index (κ2) is 7.88. The highest BCUT2D eigenvalue weighted by Gasteiger charge is 2.20. The lowest BCUT2D eigenvalue weighted by molar-refractivity contribution is -0.122. The minimum Gasteiger partial charge on any atom is -0.495 e. The van der Waals surface area contributed by atoms with Crippen molar-refractivity contribution in [1.29, 1.82) is 0 Å². The van der Waals surface area contributed by atoms with E-state index in [9.17, 15) is 4.79 Å². The number of aryl methyl sites for hydroxylation is 1. The highest BCUT2D eigenvalue weighted by Crippen LogP contribution is 2.31. The number of rotatable bonds is 6. The fourth-order valence-electron chi connectivity index (χ4n) is 2.13. The first-order valence-corrected chi connectivity index (χ1v) is 7.79. The van der Waals surface area contributed by atoms with Gasteiger partial charge < -0.3 is 14.8 Å². The van der Waals surface area contributed by atoms with Gasteiger partial charge in [0, 0.05) is 11.1 Å². The van der Waals surface area contributed by atoms with Crippen molar-refractivity contribution in [2.45, 2.75) is 26.4 Å². The Bertz CT molecular complexity index is 673. The Labute approximate surface area is 141 Å².